The van der Waals surface area contributed by atoms with Gasteiger partial charge in [-0.2, -0.15) is 0 Å². The normalized spacial score (nSPS) is 11.7. The predicted octanol–water partition coefficient (Wildman–Crippen LogP) is 3.87. The number of benzene rings is 1. The van der Waals surface area contributed by atoms with Crippen LogP contribution in [0, 0.1) is 0 Å². The summed E-state index contributed by atoms with van der Waals surface area (Å²) in [6.07, 6.45) is 1.57. The molecule has 0 fully saturated rings. The fourth-order valence-corrected chi connectivity index (χ4v) is 4.69. The summed E-state index contributed by atoms with van der Waals surface area (Å²) >= 11 is 1.58. The molecule has 0 saturated heterocycles. The molecule has 2 heterocycles. The van der Waals surface area contributed by atoms with Crippen molar-refractivity contribution < 1.29 is 17.6 Å². The molecular formula is C20H22N2O4S2. The fraction of sp³-hybridized carbons (Fsp3) is 0.250. The van der Waals surface area contributed by atoms with Crippen LogP contribution in [0.5, 0.6) is 0 Å². The van der Waals surface area contributed by atoms with Crippen LogP contribution in [0.25, 0.3) is 0 Å². The van der Waals surface area contributed by atoms with E-state index in [0.29, 0.717) is 24.4 Å². The zero-order valence-corrected chi connectivity index (χ0v) is 17.3. The molecule has 0 radical (unpaired) electrons. The van der Waals surface area contributed by atoms with E-state index in [4.69, 9.17) is 4.42 Å². The molecule has 0 unspecified atom stereocenters. The molecule has 0 aliphatic carbocycles. The van der Waals surface area contributed by atoms with Gasteiger partial charge in [0, 0.05) is 16.5 Å². The minimum absolute atomic E-state index is 0.133. The van der Waals surface area contributed by atoms with Crippen LogP contribution in [-0.4, -0.2) is 25.3 Å². The van der Waals surface area contributed by atoms with Crippen molar-refractivity contribution in [3.05, 3.63) is 76.4 Å². The van der Waals surface area contributed by atoms with Crippen LogP contribution >= 0.6 is 11.3 Å². The third kappa shape index (κ3) is 5.09. The van der Waals surface area contributed by atoms with E-state index in [0.717, 1.165) is 4.88 Å². The largest absolute Gasteiger partial charge is 0.467 e. The molecule has 1 N–H and O–H groups in total. The summed E-state index contributed by atoms with van der Waals surface area (Å²) < 4.78 is 32.5. The van der Waals surface area contributed by atoms with Gasteiger partial charge < -0.3 is 9.32 Å². The number of nitrogens with one attached hydrogen (secondary N) is 1. The Morgan fingerprint density at radius 2 is 1.86 bits per heavy atom. The molecule has 1 amide bonds. The molecule has 2 aromatic heterocycles. The minimum Gasteiger partial charge on any atom is -0.467 e. The summed E-state index contributed by atoms with van der Waals surface area (Å²) in [7, 11) is -3.59. The number of thiophene rings is 1. The van der Waals surface area contributed by atoms with Crippen LogP contribution in [0.2, 0.25) is 0 Å². The Hall–Kier alpha value is -2.42. The van der Waals surface area contributed by atoms with E-state index in [1.54, 1.807) is 54.5 Å². The summed E-state index contributed by atoms with van der Waals surface area (Å²) in [6, 6.07) is 13.3. The highest BCUT2D eigenvalue weighted by atomic mass is 32.2. The Bertz CT molecular complexity index is 957. The van der Waals surface area contributed by atoms with Gasteiger partial charge in [0.05, 0.1) is 24.2 Å². The number of nitrogens with zero attached hydrogens (tertiary/aromatic N) is 1. The first-order valence-electron chi connectivity index (χ1n) is 8.81. The van der Waals surface area contributed by atoms with Gasteiger partial charge in [-0.05, 0) is 61.7 Å². The summed E-state index contributed by atoms with van der Waals surface area (Å²) in [5.74, 6) is 0.496. The molecule has 0 atom stereocenters. The van der Waals surface area contributed by atoms with Crippen LogP contribution in [0.1, 0.15) is 34.8 Å². The first-order valence-corrected chi connectivity index (χ1v) is 11.2. The van der Waals surface area contributed by atoms with Crippen molar-refractivity contribution in [3.8, 4) is 0 Å². The molecule has 0 bridgehead atoms. The van der Waals surface area contributed by atoms with Gasteiger partial charge in [0.25, 0.3) is 5.91 Å². The molecule has 6 nitrogen and oxygen atoms in total. The molecule has 28 heavy (non-hydrogen) atoms. The van der Waals surface area contributed by atoms with Crippen molar-refractivity contribution in [2.24, 2.45) is 0 Å². The van der Waals surface area contributed by atoms with Crippen molar-refractivity contribution in [1.29, 1.82) is 0 Å². The lowest BCUT2D eigenvalue weighted by Crippen LogP contribution is -2.31. The van der Waals surface area contributed by atoms with Crippen LogP contribution in [0.15, 0.2) is 69.5 Å². The average molecular weight is 419 g/mol. The standard InChI is InChI=1S/C20H22N2O4S2/c1-15(2)21-28(24,25)19-9-7-16(8-10-19)20(23)22(13-17-5-3-11-26-17)14-18-6-4-12-27-18/h3-12,15,21H,13-14H2,1-2H3. The van der Waals surface area contributed by atoms with Crippen molar-refractivity contribution in [2.75, 3.05) is 0 Å². The highest BCUT2D eigenvalue weighted by molar-refractivity contribution is 7.89. The Morgan fingerprint density at radius 3 is 2.43 bits per heavy atom. The number of furan rings is 1. The summed E-state index contributed by atoms with van der Waals surface area (Å²) in [5, 5.41) is 1.96. The monoisotopic (exact) mass is 418 g/mol. The number of carbonyl (C=O) groups excluding carboxylic acids is 1. The zero-order chi connectivity index (χ0) is 20.1. The van der Waals surface area contributed by atoms with Crippen molar-refractivity contribution >= 4 is 27.3 Å². The van der Waals surface area contributed by atoms with Gasteiger partial charge in [-0.3, -0.25) is 4.79 Å². The lowest BCUT2D eigenvalue weighted by molar-refractivity contribution is 0.0719. The summed E-state index contributed by atoms with van der Waals surface area (Å²) in [4.78, 5) is 15.9. The van der Waals surface area contributed by atoms with Gasteiger partial charge in [0.1, 0.15) is 5.76 Å². The maximum Gasteiger partial charge on any atom is 0.254 e. The van der Waals surface area contributed by atoms with E-state index < -0.39 is 10.0 Å². The topological polar surface area (TPSA) is 79.6 Å². The van der Waals surface area contributed by atoms with E-state index in [1.165, 1.54) is 12.1 Å². The van der Waals surface area contributed by atoms with E-state index in [9.17, 15) is 13.2 Å². The smallest absolute Gasteiger partial charge is 0.254 e. The quantitative estimate of drug-likeness (QED) is 0.602. The lowest BCUT2D eigenvalue weighted by Gasteiger charge is -2.21. The summed E-state index contributed by atoms with van der Waals surface area (Å²) in [6.45, 7) is 4.30. The van der Waals surface area contributed by atoms with Crippen molar-refractivity contribution in [1.82, 2.24) is 9.62 Å². The number of rotatable bonds is 8. The highest BCUT2D eigenvalue weighted by Crippen LogP contribution is 2.19. The molecule has 1 aromatic carbocycles. The summed E-state index contributed by atoms with van der Waals surface area (Å²) in [5.41, 5.74) is 0.423. The van der Waals surface area contributed by atoms with Gasteiger partial charge in [-0.25, -0.2) is 13.1 Å². The van der Waals surface area contributed by atoms with E-state index in [-0.39, 0.29) is 16.8 Å². The molecular weight excluding hydrogens is 396 g/mol. The highest BCUT2D eigenvalue weighted by Gasteiger charge is 2.20. The molecule has 3 rings (SSSR count). The second kappa shape index (κ2) is 8.72. The Morgan fingerprint density at radius 1 is 1.11 bits per heavy atom. The minimum atomic E-state index is -3.59. The fourth-order valence-electron chi connectivity index (χ4n) is 2.72. The maximum absolute atomic E-state index is 13.1. The maximum atomic E-state index is 13.1. The Labute approximate surface area is 168 Å². The van der Waals surface area contributed by atoms with Crippen molar-refractivity contribution in [2.45, 2.75) is 37.9 Å². The Kier molecular flexibility index (Phi) is 6.33. The van der Waals surface area contributed by atoms with Crippen LogP contribution in [-0.2, 0) is 23.1 Å². The lowest BCUT2D eigenvalue weighted by atomic mass is 10.2. The molecule has 0 aliphatic rings. The molecule has 8 heteroatoms. The predicted molar refractivity (Wildman–Crippen MR) is 109 cm³/mol. The van der Waals surface area contributed by atoms with Gasteiger partial charge in [-0.15, -0.1) is 11.3 Å². The Balaban J connectivity index is 1.81. The van der Waals surface area contributed by atoms with Gasteiger partial charge in [0.2, 0.25) is 10.0 Å². The molecule has 0 spiro atoms. The third-order valence-electron chi connectivity index (χ3n) is 3.94. The number of hydrogen-bond donors (Lipinski definition) is 1. The second-order valence-electron chi connectivity index (χ2n) is 6.62. The number of carbonyl (C=O) groups is 1. The third-order valence-corrected chi connectivity index (χ3v) is 6.48. The number of amides is 1. The van der Waals surface area contributed by atoms with E-state index >= 15 is 0 Å². The van der Waals surface area contributed by atoms with Crippen LogP contribution in [0.3, 0.4) is 0 Å². The SMILES string of the molecule is CC(C)NS(=O)(=O)c1ccc(C(=O)N(Cc2ccco2)Cc2cccs2)cc1. The molecule has 148 valence electrons. The zero-order valence-electron chi connectivity index (χ0n) is 15.7. The molecule has 0 aliphatic heterocycles. The average Bonchev–Trinajstić information content (AvgIpc) is 3.34. The van der Waals surface area contributed by atoms with Crippen LogP contribution < -0.4 is 4.72 Å². The first kappa shape index (κ1) is 20.3. The number of hydrogen-bond acceptors (Lipinski definition) is 5. The first-order chi connectivity index (χ1) is 13.3. The molecule has 0 saturated carbocycles. The van der Waals surface area contributed by atoms with Gasteiger partial charge in [-0.1, -0.05) is 6.07 Å². The van der Waals surface area contributed by atoms with E-state index in [1.807, 2.05) is 23.6 Å². The van der Waals surface area contributed by atoms with Gasteiger partial charge in [0.15, 0.2) is 0 Å². The van der Waals surface area contributed by atoms with E-state index in [2.05, 4.69) is 4.72 Å². The van der Waals surface area contributed by atoms with Crippen molar-refractivity contribution in [3.63, 3.8) is 0 Å². The van der Waals surface area contributed by atoms with Gasteiger partial charge >= 0.3 is 0 Å². The second-order valence-corrected chi connectivity index (χ2v) is 9.37. The van der Waals surface area contributed by atoms with Crippen LogP contribution in [0.4, 0.5) is 0 Å². The number of sulfonamides is 1. The molecule has 3 aromatic rings.